The Morgan fingerprint density at radius 2 is 1.71 bits per heavy atom. The normalized spacial score (nSPS) is 13.6. The van der Waals surface area contributed by atoms with Crippen LogP contribution < -0.4 is 14.8 Å². The first-order valence-electron chi connectivity index (χ1n) is 13.2. The number of carbonyl (C=O) groups is 1. The second kappa shape index (κ2) is 11.6. The molecule has 1 fully saturated rings. The van der Waals surface area contributed by atoms with Crippen molar-refractivity contribution in [3.8, 4) is 22.6 Å². The van der Waals surface area contributed by atoms with Crippen molar-refractivity contribution < 1.29 is 14.3 Å². The fourth-order valence-corrected chi connectivity index (χ4v) is 4.66. The Bertz CT molecular complexity index is 1430. The summed E-state index contributed by atoms with van der Waals surface area (Å²) in [5.74, 6) is 1.55. The van der Waals surface area contributed by atoms with Crippen molar-refractivity contribution in [1.29, 1.82) is 0 Å². The van der Waals surface area contributed by atoms with Gasteiger partial charge >= 0.3 is 5.97 Å². The number of ether oxygens (including phenoxy) is 2. The topological polar surface area (TPSA) is 89.5 Å². The van der Waals surface area contributed by atoms with Crippen LogP contribution in [-0.2, 0) is 4.79 Å². The van der Waals surface area contributed by atoms with Crippen LogP contribution in [0.15, 0.2) is 54.6 Å². The average Bonchev–Trinajstić information content (AvgIpc) is 3.44. The predicted molar refractivity (Wildman–Crippen MR) is 149 cm³/mol. The van der Waals surface area contributed by atoms with E-state index < -0.39 is 0 Å². The smallest absolute Gasteiger partial charge is 0.310 e. The van der Waals surface area contributed by atoms with Crippen LogP contribution in [-0.4, -0.2) is 52.3 Å². The molecule has 8 heteroatoms. The third-order valence-corrected chi connectivity index (χ3v) is 6.78. The van der Waals surface area contributed by atoms with Crippen LogP contribution in [0.3, 0.4) is 0 Å². The van der Waals surface area contributed by atoms with Gasteiger partial charge in [0.25, 0.3) is 0 Å². The molecule has 3 aromatic carbocycles. The van der Waals surface area contributed by atoms with E-state index in [1.165, 1.54) is 25.9 Å². The number of benzene rings is 3. The van der Waals surface area contributed by atoms with E-state index in [4.69, 9.17) is 14.5 Å². The molecule has 0 spiro atoms. The highest BCUT2D eigenvalue weighted by Gasteiger charge is 2.13. The van der Waals surface area contributed by atoms with E-state index in [1.54, 1.807) is 6.92 Å². The Kier molecular flexibility index (Phi) is 7.79. The highest BCUT2D eigenvalue weighted by molar-refractivity contribution is 5.86. The first-order valence-corrected chi connectivity index (χ1v) is 13.2. The van der Waals surface area contributed by atoms with Crippen LogP contribution in [0.5, 0.6) is 11.5 Å². The molecule has 0 saturated carbocycles. The molecule has 1 saturated heterocycles. The van der Waals surface area contributed by atoms with Crippen LogP contribution in [0.25, 0.3) is 22.2 Å². The lowest BCUT2D eigenvalue weighted by molar-refractivity contribution is -0.134. The molecule has 0 radical (unpaired) electrons. The minimum Gasteiger partial charge on any atom is -0.492 e. The fourth-order valence-electron chi connectivity index (χ4n) is 4.66. The summed E-state index contributed by atoms with van der Waals surface area (Å²) in [4.78, 5) is 18.9. The highest BCUT2D eigenvalue weighted by atomic mass is 16.5. The quantitative estimate of drug-likeness (QED) is 0.221. The highest BCUT2D eigenvalue weighted by Crippen LogP contribution is 2.31. The van der Waals surface area contributed by atoms with E-state index in [-0.39, 0.29) is 5.97 Å². The summed E-state index contributed by atoms with van der Waals surface area (Å²) in [7, 11) is 0. The van der Waals surface area contributed by atoms with E-state index in [0.29, 0.717) is 30.2 Å². The zero-order valence-electron chi connectivity index (χ0n) is 22.2. The zero-order valence-corrected chi connectivity index (χ0v) is 22.2. The van der Waals surface area contributed by atoms with E-state index in [0.717, 1.165) is 45.8 Å². The van der Waals surface area contributed by atoms with Gasteiger partial charge in [0, 0.05) is 18.7 Å². The molecule has 2 heterocycles. The maximum Gasteiger partial charge on any atom is 0.310 e. The number of rotatable bonds is 9. The largest absolute Gasteiger partial charge is 0.492 e. The maximum absolute atomic E-state index is 11.7. The number of fused-ring (bicyclic) bond motifs is 1. The lowest BCUT2D eigenvalue weighted by atomic mass is 9.98. The summed E-state index contributed by atoms with van der Waals surface area (Å²) >= 11 is 0. The molecule has 38 heavy (non-hydrogen) atoms. The molecule has 196 valence electrons. The number of hydrogen-bond donors (Lipinski definition) is 1. The Morgan fingerprint density at radius 3 is 2.47 bits per heavy atom. The van der Waals surface area contributed by atoms with Gasteiger partial charge in [-0.2, -0.15) is 0 Å². The minimum absolute atomic E-state index is 0.260. The van der Waals surface area contributed by atoms with Crippen molar-refractivity contribution in [2.75, 3.05) is 31.6 Å². The summed E-state index contributed by atoms with van der Waals surface area (Å²) in [5, 5.41) is 12.0. The number of carbonyl (C=O) groups excluding carboxylic acids is 1. The third kappa shape index (κ3) is 6.08. The Labute approximate surface area is 223 Å². The van der Waals surface area contributed by atoms with E-state index in [1.807, 2.05) is 62.4 Å². The van der Waals surface area contributed by atoms with Gasteiger partial charge in [-0.1, -0.05) is 13.0 Å². The Hall–Kier alpha value is -4.04. The fraction of sp³-hybridized carbons (Fsp3) is 0.333. The number of aryl methyl sites for hydroxylation is 2. The van der Waals surface area contributed by atoms with Crippen LogP contribution in [0.2, 0.25) is 0 Å². The summed E-state index contributed by atoms with van der Waals surface area (Å²) in [6.07, 6.45) is 2.91. The van der Waals surface area contributed by atoms with Gasteiger partial charge in [-0.05, 0) is 111 Å². The number of hydrogen-bond acceptors (Lipinski definition) is 8. The van der Waals surface area contributed by atoms with Gasteiger partial charge in [-0.3, -0.25) is 9.69 Å². The van der Waals surface area contributed by atoms with Gasteiger partial charge < -0.3 is 14.8 Å². The van der Waals surface area contributed by atoms with E-state index in [9.17, 15) is 4.79 Å². The number of aromatic nitrogens is 3. The van der Waals surface area contributed by atoms with Crippen molar-refractivity contribution in [3.63, 3.8) is 0 Å². The minimum atomic E-state index is -0.260. The Morgan fingerprint density at radius 1 is 0.947 bits per heavy atom. The Balaban J connectivity index is 1.29. The predicted octanol–water partition coefficient (Wildman–Crippen LogP) is 5.84. The van der Waals surface area contributed by atoms with Crippen LogP contribution in [0, 0.1) is 13.8 Å². The first-order chi connectivity index (χ1) is 18.5. The summed E-state index contributed by atoms with van der Waals surface area (Å²) in [5.41, 5.74) is 6.33. The van der Waals surface area contributed by atoms with Gasteiger partial charge in [0.15, 0.2) is 0 Å². The van der Waals surface area contributed by atoms with E-state index >= 15 is 0 Å². The average molecular weight is 512 g/mol. The summed E-state index contributed by atoms with van der Waals surface area (Å²) in [6, 6.07) is 17.5. The summed E-state index contributed by atoms with van der Waals surface area (Å²) in [6.45, 7) is 9.83. The third-order valence-electron chi connectivity index (χ3n) is 6.78. The molecule has 0 atom stereocenters. The van der Waals surface area contributed by atoms with Gasteiger partial charge in [-0.25, -0.2) is 4.98 Å². The number of nitrogens with one attached hydrogen (secondary N) is 1. The van der Waals surface area contributed by atoms with Crippen molar-refractivity contribution >= 4 is 28.6 Å². The molecular weight excluding hydrogens is 478 g/mol. The van der Waals surface area contributed by atoms with Gasteiger partial charge in [0.2, 0.25) is 5.95 Å². The van der Waals surface area contributed by atoms with Gasteiger partial charge in [-0.15, -0.1) is 10.2 Å². The molecule has 0 bridgehead atoms. The lowest BCUT2D eigenvalue weighted by Gasteiger charge is -2.15. The molecule has 0 amide bonds. The summed E-state index contributed by atoms with van der Waals surface area (Å²) < 4.78 is 11.3. The van der Waals surface area contributed by atoms with Crippen molar-refractivity contribution in [2.24, 2.45) is 0 Å². The number of esters is 1. The second-order valence-corrected chi connectivity index (χ2v) is 9.65. The second-order valence-electron chi connectivity index (χ2n) is 9.65. The molecule has 5 rings (SSSR count). The zero-order chi connectivity index (χ0) is 26.5. The molecule has 0 aliphatic carbocycles. The molecule has 4 aromatic rings. The molecule has 1 aliphatic heterocycles. The monoisotopic (exact) mass is 511 g/mol. The standard InChI is InChI=1S/C30H33N5O3/c1-4-28(36)38-25-10-7-20(2)26(19-25)22-17-21(3)29-27(18-22)33-34-30(32-29)31-23-8-11-24(12-9-23)37-16-15-35-13-5-6-14-35/h7-12,17-19H,4-6,13-16H2,1-3H3,(H,31,32,34). The molecule has 0 unspecified atom stereocenters. The van der Waals surface area contributed by atoms with E-state index in [2.05, 4.69) is 26.5 Å². The molecule has 1 aliphatic rings. The molecule has 1 aromatic heterocycles. The van der Waals surface area contributed by atoms with Gasteiger partial charge in [0.1, 0.15) is 23.6 Å². The molecular formula is C30H33N5O3. The van der Waals surface area contributed by atoms with Crippen LogP contribution in [0.4, 0.5) is 11.6 Å². The van der Waals surface area contributed by atoms with Crippen molar-refractivity contribution in [3.05, 3.63) is 65.7 Å². The van der Waals surface area contributed by atoms with Crippen molar-refractivity contribution in [1.82, 2.24) is 20.1 Å². The molecule has 8 nitrogen and oxygen atoms in total. The number of likely N-dealkylation sites (tertiary alicyclic amines) is 1. The SMILES string of the molecule is CCC(=O)Oc1ccc(C)c(-c2cc(C)c3nc(Nc4ccc(OCCN5CCCC5)cc4)nnc3c2)c1. The number of nitrogens with zero attached hydrogens (tertiary/aromatic N) is 4. The first kappa shape index (κ1) is 25.6. The van der Waals surface area contributed by atoms with Crippen molar-refractivity contribution in [2.45, 2.75) is 40.0 Å². The molecule has 1 N–H and O–H groups in total. The lowest BCUT2D eigenvalue weighted by Crippen LogP contribution is -2.25. The maximum atomic E-state index is 11.7. The van der Waals surface area contributed by atoms with Crippen LogP contribution in [0.1, 0.15) is 37.3 Å². The van der Waals surface area contributed by atoms with Crippen LogP contribution >= 0.6 is 0 Å². The van der Waals surface area contributed by atoms with Gasteiger partial charge in [0.05, 0.1) is 5.52 Å². The number of anilines is 2.